The first-order chi connectivity index (χ1) is 13.1. The highest BCUT2D eigenvalue weighted by Gasteiger charge is 2.55. The normalized spacial score (nSPS) is 20.6. The van der Waals surface area contributed by atoms with Gasteiger partial charge in [0.15, 0.2) is 11.6 Å². The minimum atomic E-state index is -1.51. The van der Waals surface area contributed by atoms with Gasteiger partial charge in [-0.25, -0.2) is 4.98 Å². The minimum Gasteiger partial charge on any atom is -0.507 e. The summed E-state index contributed by atoms with van der Waals surface area (Å²) in [5.74, 6) is -2.08. The van der Waals surface area contributed by atoms with Gasteiger partial charge in [-0.15, -0.1) is 11.3 Å². The first kappa shape index (κ1) is 18.2. The third kappa shape index (κ3) is 2.12. The monoisotopic (exact) mass is 399 g/mol. The lowest BCUT2D eigenvalue weighted by molar-refractivity contribution is -0.123. The van der Waals surface area contributed by atoms with E-state index in [0.29, 0.717) is 5.69 Å². The molecule has 4 rings (SSSR count). The number of benzene rings is 1. The maximum Gasteiger partial charge on any atom is 0.188 e. The number of aromatic nitrogens is 1. The van der Waals surface area contributed by atoms with Gasteiger partial charge >= 0.3 is 0 Å². The van der Waals surface area contributed by atoms with Gasteiger partial charge in [0.05, 0.1) is 21.8 Å². The van der Waals surface area contributed by atoms with Crippen LogP contribution in [0.15, 0.2) is 28.5 Å². The third-order valence-electron chi connectivity index (χ3n) is 5.28. The number of rotatable bonds is 2. The summed E-state index contributed by atoms with van der Waals surface area (Å²) in [7, 11) is 0. The van der Waals surface area contributed by atoms with Crippen molar-refractivity contribution in [1.82, 2.24) is 4.98 Å². The Morgan fingerprint density at radius 2 is 1.89 bits per heavy atom. The molecule has 1 aliphatic carbocycles. The van der Waals surface area contributed by atoms with E-state index in [1.165, 1.54) is 38.2 Å². The fourth-order valence-electron chi connectivity index (χ4n) is 3.75. The molecule has 144 valence electrons. The largest absolute Gasteiger partial charge is 0.507 e. The molecule has 0 amide bonds. The van der Waals surface area contributed by atoms with Crippen LogP contribution in [-0.4, -0.2) is 31.9 Å². The van der Waals surface area contributed by atoms with Crippen LogP contribution in [0.25, 0.3) is 11.3 Å². The maximum absolute atomic E-state index is 13.2. The lowest BCUT2D eigenvalue weighted by atomic mass is 9.71. The van der Waals surface area contributed by atoms with Crippen molar-refractivity contribution in [3.05, 3.63) is 44.7 Å². The second-order valence-electron chi connectivity index (χ2n) is 7.03. The zero-order valence-corrected chi connectivity index (χ0v) is 16.4. The van der Waals surface area contributed by atoms with Crippen LogP contribution < -0.4 is 4.74 Å². The van der Waals surface area contributed by atoms with Crippen molar-refractivity contribution in [2.24, 2.45) is 0 Å². The number of fused-ring (bicyclic) bond motifs is 3. The van der Waals surface area contributed by atoms with E-state index in [4.69, 9.17) is 4.74 Å². The highest BCUT2D eigenvalue weighted by atomic mass is 32.1. The molecule has 0 saturated heterocycles. The summed E-state index contributed by atoms with van der Waals surface area (Å²) in [5, 5.41) is 34.2. The van der Waals surface area contributed by atoms with E-state index >= 15 is 0 Å². The highest BCUT2D eigenvalue weighted by Crippen LogP contribution is 2.59. The van der Waals surface area contributed by atoms with E-state index in [9.17, 15) is 24.9 Å². The number of phenolic OH excluding ortho intramolecular Hbond substituents is 2. The Bertz CT molecular complexity index is 1160. The Kier molecular flexibility index (Phi) is 3.70. The lowest BCUT2D eigenvalue weighted by Crippen LogP contribution is -2.38. The van der Waals surface area contributed by atoms with Gasteiger partial charge in [-0.1, -0.05) is 0 Å². The molecule has 2 aliphatic rings. The molecule has 0 spiro atoms. The summed E-state index contributed by atoms with van der Waals surface area (Å²) in [5.41, 5.74) is -0.849. The average molecular weight is 399 g/mol. The molecular weight excluding hydrogens is 382 g/mol. The topological polar surface area (TPSA) is 117 Å². The van der Waals surface area contributed by atoms with E-state index in [1.54, 1.807) is 5.38 Å². The van der Waals surface area contributed by atoms with Crippen LogP contribution in [0.2, 0.25) is 0 Å². The molecule has 1 aromatic carbocycles. The molecule has 3 N–H and O–H groups in total. The summed E-state index contributed by atoms with van der Waals surface area (Å²) in [6, 6.07) is 0. The predicted molar refractivity (Wildman–Crippen MR) is 102 cm³/mol. The fraction of sp³-hybridized carbons (Fsp3) is 0.250. The molecule has 0 saturated carbocycles. The number of carbonyl (C=O) groups excluding carboxylic acids is 2. The molecule has 2 heterocycles. The van der Waals surface area contributed by atoms with Crippen LogP contribution in [0.3, 0.4) is 0 Å². The van der Waals surface area contributed by atoms with Crippen molar-refractivity contribution in [2.45, 2.75) is 33.1 Å². The SMILES string of the molecule is CC(=O)C1=C(O)C=C2Oc3c(-c4csc(C)n4)c(O)c(C)c(O)c3[C@]2(C)C1=O. The highest BCUT2D eigenvalue weighted by molar-refractivity contribution is 7.09. The van der Waals surface area contributed by atoms with Crippen LogP contribution in [0.1, 0.15) is 30.0 Å². The van der Waals surface area contributed by atoms with Gasteiger partial charge in [0.2, 0.25) is 0 Å². The predicted octanol–water partition coefficient (Wildman–Crippen LogP) is 3.36. The number of aromatic hydroxyl groups is 2. The molecule has 1 aromatic heterocycles. The van der Waals surface area contributed by atoms with Gasteiger partial charge in [0, 0.05) is 17.0 Å². The van der Waals surface area contributed by atoms with Crippen molar-refractivity contribution in [2.75, 3.05) is 0 Å². The number of hydrogen-bond donors (Lipinski definition) is 3. The van der Waals surface area contributed by atoms with Crippen LogP contribution in [0, 0.1) is 13.8 Å². The number of aryl methyl sites for hydroxylation is 1. The van der Waals surface area contributed by atoms with E-state index in [1.807, 2.05) is 6.92 Å². The number of aliphatic hydroxyl groups is 1. The van der Waals surface area contributed by atoms with Gasteiger partial charge in [-0.2, -0.15) is 0 Å². The number of Topliss-reactive ketones (excluding diaryl/α,β-unsaturated/α-hetero) is 2. The standard InChI is InChI=1S/C20H17NO6S/c1-7-16(24)14(10-6-28-9(3)21-10)18-15(17(7)25)20(4)12(27-18)5-11(23)13(8(2)22)19(20)26/h5-6,23-25H,1-4H3/t20-/m1/s1. The molecule has 7 nitrogen and oxygen atoms in total. The molecule has 1 aliphatic heterocycles. The van der Waals surface area contributed by atoms with Gasteiger partial charge in [0.1, 0.15) is 39.8 Å². The number of thiazole rings is 1. The second kappa shape index (κ2) is 5.68. The van der Waals surface area contributed by atoms with Crippen molar-refractivity contribution in [1.29, 1.82) is 0 Å². The Morgan fingerprint density at radius 3 is 2.46 bits per heavy atom. The molecule has 0 fully saturated rings. The molecule has 28 heavy (non-hydrogen) atoms. The van der Waals surface area contributed by atoms with E-state index < -0.39 is 22.7 Å². The molecule has 8 heteroatoms. The Balaban J connectivity index is 2.07. The number of ketones is 2. The Morgan fingerprint density at radius 1 is 1.21 bits per heavy atom. The molecule has 2 aromatic rings. The summed E-state index contributed by atoms with van der Waals surface area (Å²) >= 11 is 1.38. The average Bonchev–Trinajstić information content (AvgIpc) is 3.15. The number of phenols is 2. The number of aliphatic hydroxyl groups excluding tert-OH is 1. The molecule has 0 unspecified atom stereocenters. The van der Waals surface area contributed by atoms with Crippen molar-refractivity contribution < 1.29 is 29.6 Å². The van der Waals surface area contributed by atoms with Crippen LogP contribution in [0.5, 0.6) is 17.2 Å². The third-order valence-corrected chi connectivity index (χ3v) is 6.05. The zero-order chi connectivity index (χ0) is 20.5. The van der Waals surface area contributed by atoms with Gasteiger partial charge in [-0.3, -0.25) is 9.59 Å². The van der Waals surface area contributed by atoms with E-state index in [0.717, 1.165) is 5.01 Å². The van der Waals surface area contributed by atoms with Crippen LogP contribution >= 0.6 is 11.3 Å². The minimum absolute atomic E-state index is 0.0727. The summed E-state index contributed by atoms with van der Waals surface area (Å²) in [6.07, 6.45) is 1.21. The molecular formula is C20H17NO6S. The van der Waals surface area contributed by atoms with Crippen molar-refractivity contribution in [3.63, 3.8) is 0 Å². The Labute approximate surface area is 164 Å². The quantitative estimate of drug-likeness (QED) is 0.663. The first-order valence-corrected chi connectivity index (χ1v) is 9.37. The Hall–Kier alpha value is -3.13. The molecule has 1 atom stereocenters. The summed E-state index contributed by atoms with van der Waals surface area (Å²) < 4.78 is 5.87. The van der Waals surface area contributed by atoms with Gasteiger partial charge < -0.3 is 20.1 Å². The number of nitrogens with zero attached hydrogens (tertiary/aromatic N) is 1. The van der Waals surface area contributed by atoms with Gasteiger partial charge in [0.25, 0.3) is 0 Å². The van der Waals surface area contributed by atoms with E-state index in [-0.39, 0.29) is 45.3 Å². The fourth-order valence-corrected chi connectivity index (χ4v) is 4.35. The number of carbonyl (C=O) groups is 2. The lowest BCUT2D eigenvalue weighted by Gasteiger charge is -2.28. The molecule has 0 radical (unpaired) electrons. The van der Waals surface area contributed by atoms with Gasteiger partial charge in [-0.05, 0) is 27.7 Å². The van der Waals surface area contributed by atoms with Crippen LogP contribution in [0.4, 0.5) is 0 Å². The zero-order valence-electron chi connectivity index (χ0n) is 15.6. The van der Waals surface area contributed by atoms with Crippen molar-refractivity contribution >= 4 is 22.9 Å². The number of ether oxygens (including phenoxy) is 1. The molecule has 0 bridgehead atoms. The summed E-state index contributed by atoms with van der Waals surface area (Å²) in [4.78, 5) is 29.5. The second-order valence-corrected chi connectivity index (χ2v) is 8.10. The number of allylic oxidation sites excluding steroid dienone is 3. The smallest absolute Gasteiger partial charge is 0.188 e. The maximum atomic E-state index is 13.2. The number of hydrogen-bond acceptors (Lipinski definition) is 8. The summed E-state index contributed by atoms with van der Waals surface area (Å²) in [6.45, 7) is 6.04. The van der Waals surface area contributed by atoms with E-state index in [2.05, 4.69) is 4.98 Å². The first-order valence-electron chi connectivity index (χ1n) is 8.49. The van der Waals surface area contributed by atoms with Crippen LogP contribution in [-0.2, 0) is 15.0 Å². The van der Waals surface area contributed by atoms with Crippen molar-refractivity contribution in [3.8, 4) is 28.5 Å².